The lowest BCUT2D eigenvalue weighted by Crippen LogP contribution is -1.87. The zero-order valence-corrected chi connectivity index (χ0v) is 13.0. The van der Waals surface area contributed by atoms with Crippen LogP contribution in [0.3, 0.4) is 0 Å². The lowest BCUT2D eigenvalue weighted by atomic mass is 10.1. The molecular formula is C17H32O3. The summed E-state index contributed by atoms with van der Waals surface area (Å²) in [5.74, 6) is -0.701. The Balaban J connectivity index is 3.25. The molecule has 0 aliphatic rings. The van der Waals surface area contributed by atoms with Crippen molar-refractivity contribution in [1.29, 1.82) is 0 Å². The Labute approximate surface area is 124 Å². The predicted octanol–water partition coefficient (Wildman–Crippen LogP) is 6.09. The normalized spacial score (nSPS) is 12.8. The molecule has 0 saturated carbocycles. The van der Waals surface area contributed by atoms with E-state index >= 15 is 0 Å². The van der Waals surface area contributed by atoms with Gasteiger partial charge in [0.25, 0.3) is 0 Å². The van der Waals surface area contributed by atoms with Gasteiger partial charge >= 0.3 is 0 Å². The first-order valence-corrected chi connectivity index (χ1v) is 8.15. The van der Waals surface area contributed by atoms with Crippen molar-refractivity contribution in [2.24, 2.45) is 0 Å². The van der Waals surface area contributed by atoms with Crippen LogP contribution in [0.5, 0.6) is 0 Å². The zero-order valence-electron chi connectivity index (χ0n) is 13.0. The number of allylic oxidation sites excluding steroid dienone is 1. The molecule has 0 aliphatic heterocycles. The molecule has 0 heterocycles. The van der Waals surface area contributed by atoms with Crippen molar-refractivity contribution in [2.45, 2.75) is 84.0 Å². The highest BCUT2D eigenvalue weighted by Gasteiger charge is 1.98. The third kappa shape index (κ3) is 11.9. The van der Waals surface area contributed by atoms with E-state index in [2.05, 4.69) is 6.92 Å². The molecular weight excluding hydrogens is 252 g/mol. The first kappa shape index (κ1) is 18.9. The van der Waals surface area contributed by atoms with Gasteiger partial charge in [-0.1, -0.05) is 71.1 Å². The fraction of sp³-hybridized carbons (Fsp3) is 0.765. The van der Waals surface area contributed by atoms with Crippen molar-refractivity contribution in [3.05, 3.63) is 23.9 Å². The molecule has 0 fully saturated rings. The van der Waals surface area contributed by atoms with Crippen molar-refractivity contribution in [1.82, 2.24) is 0 Å². The summed E-state index contributed by atoms with van der Waals surface area (Å²) >= 11 is 0. The highest BCUT2D eigenvalue weighted by molar-refractivity contribution is 5.14. The van der Waals surface area contributed by atoms with E-state index in [-0.39, 0.29) is 5.76 Å². The summed E-state index contributed by atoms with van der Waals surface area (Å²) in [6, 6.07) is 0. The molecule has 0 unspecified atom stereocenters. The van der Waals surface area contributed by atoms with Crippen molar-refractivity contribution in [2.75, 3.05) is 0 Å². The molecule has 3 N–H and O–H groups in total. The van der Waals surface area contributed by atoms with Gasteiger partial charge in [-0.25, -0.2) is 0 Å². The molecule has 0 aliphatic carbocycles. The van der Waals surface area contributed by atoms with Crippen molar-refractivity contribution in [3.8, 4) is 0 Å². The Morgan fingerprint density at radius 3 is 1.60 bits per heavy atom. The Morgan fingerprint density at radius 2 is 1.15 bits per heavy atom. The molecule has 20 heavy (non-hydrogen) atoms. The molecule has 0 aromatic heterocycles. The van der Waals surface area contributed by atoms with E-state index in [0.29, 0.717) is 6.26 Å². The van der Waals surface area contributed by atoms with Crippen LogP contribution < -0.4 is 0 Å². The van der Waals surface area contributed by atoms with Crippen LogP contribution in [-0.4, -0.2) is 15.3 Å². The van der Waals surface area contributed by atoms with Gasteiger partial charge in [-0.3, -0.25) is 0 Å². The Bertz CT molecular complexity index is 269. The van der Waals surface area contributed by atoms with Gasteiger partial charge in [0.2, 0.25) is 0 Å². The van der Waals surface area contributed by atoms with E-state index in [1.165, 1.54) is 57.8 Å². The van der Waals surface area contributed by atoms with Gasteiger partial charge in [-0.15, -0.1) is 0 Å². The molecule has 0 rings (SSSR count). The molecule has 3 heteroatoms. The van der Waals surface area contributed by atoms with Crippen LogP contribution >= 0.6 is 0 Å². The van der Waals surface area contributed by atoms with Crippen LogP contribution in [0.2, 0.25) is 0 Å². The van der Waals surface area contributed by atoms with Gasteiger partial charge in [0, 0.05) is 0 Å². The molecule has 0 aromatic rings. The molecule has 0 radical (unpaired) electrons. The Kier molecular flexibility index (Phi) is 13.5. The molecule has 0 spiro atoms. The second-order valence-electron chi connectivity index (χ2n) is 5.43. The Hall–Kier alpha value is -1.12. The summed E-state index contributed by atoms with van der Waals surface area (Å²) in [6.45, 7) is 2.25. The number of aliphatic hydroxyl groups is 3. The average molecular weight is 284 g/mol. The van der Waals surface area contributed by atoms with E-state index < -0.39 is 5.76 Å². The van der Waals surface area contributed by atoms with Crippen LogP contribution in [0, 0.1) is 0 Å². The van der Waals surface area contributed by atoms with Gasteiger partial charge in [-0.05, 0) is 18.9 Å². The second kappa shape index (κ2) is 14.3. The number of hydrogen-bond donors (Lipinski definition) is 3. The van der Waals surface area contributed by atoms with E-state index in [0.717, 1.165) is 19.3 Å². The van der Waals surface area contributed by atoms with Gasteiger partial charge in [0.15, 0.2) is 11.5 Å². The maximum absolute atomic E-state index is 9.26. The minimum absolute atomic E-state index is 0.237. The molecule has 118 valence electrons. The van der Waals surface area contributed by atoms with Crippen LogP contribution in [0.4, 0.5) is 0 Å². The third-order valence-electron chi connectivity index (χ3n) is 3.53. The fourth-order valence-electron chi connectivity index (χ4n) is 2.22. The highest BCUT2D eigenvalue weighted by atomic mass is 16.3. The summed E-state index contributed by atoms with van der Waals surface area (Å²) in [7, 11) is 0. The largest absolute Gasteiger partial charge is 0.512 e. The smallest absolute Gasteiger partial charge is 0.192 e. The van der Waals surface area contributed by atoms with E-state index in [1.54, 1.807) is 6.08 Å². The summed E-state index contributed by atoms with van der Waals surface area (Å²) in [5.41, 5.74) is 0. The van der Waals surface area contributed by atoms with Crippen LogP contribution in [0.15, 0.2) is 23.9 Å². The fourth-order valence-corrected chi connectivity index (χ4v) is 2.22. The zero-order chi connectivity index (χ0) is 15.1. The van der Waals surface area contributed by atoms with E-state index in [9.17, 15) is 5.11 Å². The molecule has 0 aromatic carbocycles. The van der Waals surface area contributed by atoms with Crippen LogP contribution in [-0.2, 0) is 0 Å². The standard InChI is InChI=1S/C17H32O3/c1-2-3-4-5-6-7-8-9-10-11-12-13-14-16(19)17(20)15-18/h14-15,18-20H,2-13H2,1H3. The van der Waals surface area contributed by atoms with Gasteiger partial charge < -0.3 is 15.3 Å². The van der Waals surface area contributed by atoms with Crippen molar-refractivity contribution in [3.63, 3.8) is 0 Å². The first-order chi connectivity index (χ1) is 9.72. The number of unbranched alkanes of at least 4 members (excludes halogenated alkanes) is 11. The maximum Gasteiger partial charge on any atom is 0.192 e. The van der Waals surface area contributed by atoms with Gasteiger partial charge in [0.05, 0.1) is 0 Å². The monoisotopic (exact) mass is 284 g/mol. The number of rotatable bonds is 13. The van der Waals surface area contributed by atoms with Crippen molar-refractivity contribution < 1.29 is 15.3 Å². The lowest BCUT2D eigenvalue weighted by molar-refractivity contribution is 0.302. The minimum atomic E-state index is -0.465. The van der Waals surface area contributed by atoms with Crippen LogP contribution in [0.25, 0.3) is 0 Å². The summed E-state index contributed by atoms with van der Waals surface area (Å²) in [6.07, 6.45) is 17.0. The predicted molar refractivity (Wildman–Crippen MR) is 85.1 cm³/mol. The topological polar surface area (TPSA) is 60.7 Å². The van der Waals surface area contributed by atoms with Crippen molar-refractivity contribution >= 4 is 0 Å². The van der Waals surface area contributed by atoms with Crippen LogP contribution in [0.1, 0.15) is 84.0 Å². The number of hydrogen-bond acceptors (Lipinski definition) is 3. The first-order valence-electron chi connectivity index (χ1n) is 8.15. The van der Waals surface area contributed by atoms with E-state index in [1.807, 2.05) is 0 Å². The molecule has 0 atom stereocenters. The summed E-state index contributed by atoms with van der Waals surface area (Å²) in [4.78, 5) is 0. The SMILES string of the molecule is CCCCCCCCCCCCCC=C(O)C(O)=CO. The van der Waals surface area contributed by atoms with Gasteiger partial charge in [0.1, 0.15) is 6.26 Å². The molecule has 0 amide bonds. The summed E-state index contributed by atoms with van der Waals surface area (Å²) in [5, 5.41) is 26.7. The van der Waals surface area contributed by atoms with E-state index in [4.69, 9.17) is 10.2 Å². The number of aliphatic hydroxyl groups excluding tert-OH is 3. The maximum atomic E-state index is 9.26. The minimum Gasteiger partial charge on any atom is -0.512 e. The highest BCUT2D eigenvalue weighted by Crippen LogP contribution is 2.12. The molecule has 0 saturated heterocycles. The lowest BCUT2D eigenvalue weighted by Gasteiger charge is -2.02. The Morgan fingerprint density at radius 1 is 0.700 bits per heavy atom. The average Bonchev–Trinajstić information content (AvgIpc) is 2.47. The second-order valence-corrected chi connectivity index (χ2v) is 5.43. The quantitative estimate of drug-likeness (QED) is 0.218. The summed E-state index contributed by atoms with van der Waals surface area (Å²) < 4.78 is 0. The molecule has 3 nitrogen and oxygen atoms in total. The van der Waals surface area contributed by atoms with Gasteiger partial charge in [-0.2, -0.15) is 0 Å². The molecule has 0 bridgehead atoms. The third-order valence-corrected chi connectivity index (χ3v) is 3.53.